The van der Waals surface area contributed by atoms with E-state index in [9.17, 15) is 5.11 Å². The maximum atomic E-state index is 9.60. The summed E-state index contributed by atoms with van der Waals surface area (Å²) in [5, 5.41) is 18.5. The van der Waals surface area contributed by atoms with Gasteiger partial charge in [0.2, 0.25) is 0 Å². The van der Waals surface area contributed by atoms with Crippen LogP contribution in [-0.2, 0) is 0 Å². The molecule has 0 aliphatic heterocycles. The average Bonchev–Trinajstić information content (AvgIpc) is 2.16. The van der Waals surface area contributed by atoms with Crippen LogP contribution in [0.1, 0.15) is 18.4 Å². The molecule has 0 saturated heterocycles. The van der Waals surface area contributed by atoms with Crippen molar-refractivity contribution in [3.05, 3.63) is 23.8 Å². The fourth-order valence-electron chi connectivity index (χ4n) is 1.17. The van der Waals surface area contributed by atoms with Crippen LogP contribution in [0.5, 0.6) is 5.75 Å². The highest BCUT2D eigenvalue weighted by Crippen LogP contribution is 2.29. The number of aliphatic hydroxyl groups is 1. The van der Waals surface area contributed by atoms with Crippen LogP contribution in [0.3, 0.4) is 0 Å². The smallest absolute Gasteiger partial charge is 0.120 e. The maximum Gasteiger partial charge on any atom is 0.120 e. The number of phenols is 1. The van der Waals surface area contributed by atoms with Gasteiger partial charge in [-0.3, -0.25) is 0 Å². The van der Waals surface area contributed by atoms with Gasteiger partial charge in [0.05, 0.1) is 0 Å². The minimum absolute atomic E-state index is 0.00379. The van der Waals surface area contributed by atoms with E-state index in [-0.39, 0.29) is 18.3 Å². The van der Waals surface area contributed by atoms with Crippen molar-refractivity contribution in [3.8, 4) is 5.75 Å². The van der Waals surface area contributed by atoms with Crippen molar-refractivity contribution < 1.29 is 10.2 Å². The van der Waals surface area contributed by atoms with E-state index in [1.54, 1.807) is 17.8 Å². The van der Waals surface area contributed by atoms with Gasteiger partial charge >= 0.3 is 0 Å². The summed E-state index contributed by atoms with van der Waals surface area (Å²) >= 11 is 1.59. The highest BCUT2D eigenvalue weighted by atomic mass is 32.2. The molecule has 1 aromatic rings. The first-order valence-electron chi connectivity index (χ1n) is 4.16. The largest absolute Gasteiger partial charge is 0.508 e. The summed E-state index contributed by atoms with van der Waals surface area (Å²) in [5.41, 5.74) is 0.806. The van der Waals surface area contributed by atoms with Crippen LogP contribution < -0.4 is 0 Å². The van der Waals surface area contributed by atoms with Crippen LogP contribution in [0.15, 0.2) is 23.1 Å². The first kappa shape index (κ1) is 10.4. The lowest BCUT2D eigenvalue weighted by molar-refractivity contribution is 0.270. The van der Waals surface area contributed by atoms with Gasteiger partial charge in [-0.05, 0) is 24.0 Å². The van der Waals surface area contributed by atoms with E-state index in [1.807, 2.05) is 25.3 Å². The molecule has 2 nitrogen and oxygen atoms in total. The normalized spacial score (nSPS) is 12.8. The molecule has 0 spiro atoms. The molecule has 0 aliphatic carbocycles. The monoisotopic (exact) mass is 198 g/mol. The van der Waals surface area contributed by atoms with Gasteiger partial charge in [-0.2, -0.15) is 0 Å². The molecule has 1 unspecified atom stereocenters. The lowest BCUT2D eigenvalue weighted by Crippen LogP contribution is -1.98. The van der Waals surface area contributed by atoms with Crippen LogP contribution in [0, 0.1) is 0 Å². The van der Waals surface area contributed by atoms with Gasteiger partial charge in [-0.25, -0.2) is 0 Å². The number of phenolic OH excluding ortho intramolecular Hbond substituents is 1. The van der Waals surface area contributed by atoms with Crippen LogP contribution >= 0.6 is 11.8 Å². The molecule has 2 N–H and O–H groups in total. The summed E-state index contributed by atoms with van der Waals surface area (Å²) in [6.07, 6.45) is 1.96. The van der Waals surface area contributed by atoms with E-state index in [0.717, 1.165) is 10.5 Å². The van der Waals surface area contributed by atoms with Crippen molar-refractivity contribution in [2.75, 3.05) is 12.9 Å². The minimum Gasteiger partial charge on any atom is -0.508 e. The molecule has 3 heteroatoms. The van der Waals surface area contributed by atoms with E-state index < -0.39 is 0 Å². The molecule has 0 saturated carbocycles. The number of hydrogen-bond donors (Lipinski definition) is 2. The SMILES string of the molecule is CSc1ccc(C(C)CO)c(O)c1. The second kappa shape index (κ2) is 4.53. The molecule has 1 aromatic carbocycles. The molecule has 0 bridgehead atoms. The van der Waals surface area contributed by atoms with Crippen molar-refractivity contribution in [3.63, 3.8) is 0 Å². The third-order valence-electron chi connectivity index (χ3n) is 2.04. The molecule has 0 radical (unpaired) electrons. The van der Waals surface area contributed by atoms with Gasteiger partial charge < -0.3 is 10.2 Å². The Morgan fingerprint density at radius 1 is 1.46 bits per heavy atom. The second-order valence-corrected chi connectivity index (χ2v) is 3.89. The number of benzene rings is 1. The predicted molar refractivity (Wildman–Crippen MR) is 55.4 cm³/mol. The highest BCUT2D eigenvalue weighted by molar-refractivity contribution is 7.98. The Labute approximate surface area is 82.6 Å². The van der Waals surface area contributed by atoms with Crippen LogP contribution in [0.25, 0.3) is 0 Å². The van der Waals surface area contributed by atoms with E-state index in [4.69, 9.17) is 5.11 Å². The second-order valence-electron chi connectivity index (χ2n) is 3.01. The number of hydrogen-bond acceptors (Lipinski definition) is 3. The van der Waals surface area contributed by atoms with Gasteiger partial charge in [0, 0.05) is 17.4 Å². The Morgan fingerprint density at radius 2 is 2.15 bits per heavy atom. The van der Waals surface area contributed by atoms with Gasteiger partial charge in [0.15, 0.2) is 0 Å². The van der Waals surface area contributed by atoms with E-state index in [2.05, 4.69) is 0 Å². The molecule has 0 aliphatic rings. The molecule has 0 aromatic heterocycles. The maximum absolute atomic E-state index is 9.60. The fourth-order valence-corrected chi connectivity index (χ4v) is 1.60. The molecular formula is C10H14O2S. The number of thioether (sulfide) groups is 1. The summed E-state index contributed by atoms with van der Waals surface area (Å²) in [4.78, 5) is 1.03. The Hall–Kier alpha value is -0.670. The van der Waals surface area contributed by atoms with E-state index in [0.29, 0.717) is 0 Å². The Kier molecular flexibility index (Phi) is 3.63. The molecule has 1 rings (SSSR count). The third kappa shape index (κ3) is 2.39. The highest BCUT2D eigenvalue weighted by Gasteiger charge is 2.09. The van der Waals surface area contributed by atoms with Gasteiger partial charge in [-0.1, -0.05) is 13.0 Å². The van der Waals surface area contributed by atoms with Gasteiger partial charge in [0.1, 0.15) is 5.75 Å². The molecule has 1 atom stereocenters. The summed E-state index contributed by atoms with van der Waals surface area (Å²) in [5.74, 6) is 0.268. The van der Waals surface area contributed by atoms with Crippen molar-refractivity contribution in [1.29, 1.82) is 0 Å². The number of aromatic hydroxyl groups is 1. The molecule has 13 heavy (non-hydrogen) atoms. The fraction of sp³-hybridized carbons (Fsp3) is 0.400. The predicted octanol–water partition coefficient (Wildman–Crippen LogP) is 2.21. The Balaban J connectivity index is 2.98. The zero-order valence-electron chi connectivity index (χ0n) is 7.82. The lowest BCUT2D eigenvalue weighted by atomic mass is 10.0. The summed E-state index contributed by atoms with van der Waals surface area (Å²) in [6.45, 7) is 1.94. The standard InChI is InChI=1S/C10H14O2S/c1-7(6-11)9-4-3-8(13-2)5-10(9)12/h3-5,7,11-12H,6H2,1-2H3. The van der Waals surface area contributed by atoms with Crippen LogP contribution in [0.2, 0.25) is 0 Å². The first-order chi connectivity index (χ1) is 6.19. The minimum atomic E-state index is -0.00379. The van der Waals surface area contributed by atoms with Crippen LogP contribution in [0.4, 0.5) is 0 Å². The van der Waals surface area contributed by atoms with Crippen molar-refractivity contribution >= 4 is 11.8 Å². The third-order valence-corrected chi connectivity index (χ3v) is 2.77. The number of rotatable bonds is 3. The Bertz CT molecular complexity index is 286. The van der Waals surface area contributed by atoms with Gasteiger partial charge in [-0.15, -0.1) is 11.8 Å². The molecule has 0 heterocycles. The summed E-state index contributed by atoms with van der Waals surface area (Å²) in [6, 6.07) is 5.54. The molecule has 0 fully saturated rings. The zero-order valence-corrected chi connectivity index (χ0v) is 8.64. The van der Waals surface area contributed by atoms with Gasteiger partial charge in [0.25, 0.3) is 0 Å². The van der Waals surface area contributed by atoms with E-state index in [1.165, 1.54) is 0 Å². The quantitative estimate of drug-likeness (QED) is 0.732. The summed E-state index contributed by atoms with van der Waals surface area (Å²) in [7, 11) is 0. The molecule has 0 amide bonds. The van der Waals surface area contributed by atoms with Crippen molar-refractivity contribution in [2.45, 2.75) is 17.7 Å². The molecular weight excluding hydrogens is 184 g/mol. The number of aliphatic hydroxyl groups excluding tert-OH is 1. The molecule has 72 valence electrons. The lowest BCUT2D eigenvalue weighted by Gasteiger charge is -2.10. The van der Waals surface area contributed by atoms with E-state index >= 15 is 0 Å². The average molecular weight is 198 g/mol. The summed E-state index contributed by atoms with van der Waals surface area (Å²) < 4.78 is 0. The van der Waals surface area contributed by atoms with Crippen LogP contribution in [-0.4, -0.2) is 23.1 Å². The van der Waals surface area contributed by atoms with Crippen molar-refractivity contribution in [1.82, 2.24) is 0 Å². The Morgan fingerprint density at radius 3 is 2.62 bits per heavy atom. The topological polar surface area (TPSA) is 40.5 Å². The van der Waals surface area contributed by atoms with Crippen molar-refractivity contribution in [2.24, 2.45) is 0 Å². The first-order valence-corrected chi connectivity index (χ1v) is 5.39. The zero-order chi connectivity index (χ0) is 9.84.